The van der Waals surface area contributed by atoms with E-state index in [1.165, 1.54) is 4.90 Å². The second-order valence-electron chi connectivity index (χ2n) is 5.48. The van der Waals surface area contributed by atoms with Gasteiger partial charge in [0.2, 0.25) is 17.7 Å². The Morgan fingerprint density at radius 3 is 2.05 bits per heavy atom. The normalized spacial score (nSPS) is 24.3. The van der Waals surface area contributed by atoms with Crippen LogP contribution in [0.4, 0.5) is 0 Å². The number of carbonyl (C=O) groups excluding carboxylic acids is 3. The van der Waals surface area contributed by atoms with Gasteiger partial charge in [-0.05, 0) is 30.5 Å². The van der Waals surface area contributed by atoms with E-state index in [0.29, 0.717) is 18.4 Å². The number of benzene rings is 1. The maximum atomic E-state index is 12.3. The topological polar surface area (TPSA) is 80.5 Å². The number of likely N-dealkylation sites (tertiary alicyclic amines) is 1. The number of carbonyl (C=O) groups is 3. The van der Waals surface area contributed by atoms with Crippen LogP contribution in [0.5, 0.6) is 0 Å². The van der Waals surface area contributed by atoms with Gasteiger partial charge in [0.1, 0.15) is 0 Å². The molecule has 0 saturated carbocycles. The predicted molar refractivity (Wildman–Crippen MR) is 75.9 cm³/mol. The van der Waals surface area contributed by atoms with Crippen molar-refractivity contribution >= 4 is 17.7 Å². The lowest BCUT2D eigenvalue weighted by molar-refractivity contribution is -0.140. The van der Waals surface area contributed by atoms with E-state index in [1.54, 1.807) is 24.3 Å². The molecule has 0 aromatic heterocycles. The van der Waals surface area contributed by atoms with Gasteiger partial charge in [-0.3, -0.25) is 19.3 Å². The highest BCUT2D eigenvalue weighted by Crippen LogP contribution is 2.35. The largest absolute Gasteiger partial charge is 0.366 e. The van der Waals surface area contributed by atoms with E-state index >= 15 is 0 Å². The third-order valence-corrected chi connectivity index (χ3v) is 4.18. The third-order valence-electron chi connectivity index (χ3n) is 4.18. The molecule has 2 atom stereocenters. The summed E-state index contributed by atoms with van der Waals surface area (Å²) < 4.78 is 0. The fourth-order valence-electron chi connectivity index (χ4n) is 2.98. The molecule has 1 saturated heterocycles. The van der Waals surface area contributed by atoms with Crippen molar-refractivity contribution in [2.75, 3.05) is 0 Å². The first-order valence-electron chi connectivity index (χ1n) is 6.97. The van der Waals surface area contributed by atoms with E-state index in [9.17, 15) is 14.4 Å². The summed E-state index contributed by atoms with van der Waals surface area (Å²) in [6.45, 7) is 0.254. The van der Waals surface area contributed by atoms with Gasteiger partial charge >= 0.3 is 0 Å². The summed E-state index contributed by atoms with van der Waals surface area (Å²) in [7, 11) is 0. The Morgan fingerprint density at radius 1 is 1.05 bits per heavy atom. The second kappa shape index (κ2) is 5.16. The number of allylic oxidation sites excluding steroid dienone is 2. The average molecular weight is 284 g/mol. The zero-order valence-electron chi connectivity index (χ0n) is 11.5. The molecule has 1 aromatic rings. The zero-order chi connectivity index (χ0) is 15.0. The molecule has 2 aliphatic rings. The first-order valence-corrected chi connectivity index (χ1v) is 6.97. The molecule has 5 heteroatoms. The molecule has 0 unspecified atom stereocenters. The molecular formula is C16H16N2O3. The molecule has 21 heavy (non-hydrogen) atoms. The fraction of sp³-hybridized carbons (Fsp3) is 0.312. The molecule has 108 valence electrons. The SMILES string of the molecule is NC(=O)c1ccc(CN2C(=O)[C@H]3CC=CC[C@H]3C2=O)cc1. The molecule has 2 N–H and O–H groups in total. The van der Waals surface area contributed by atoms with Crippen LogP contribution in [0.3, 0.4) is 0 Å². The molecule has 0 spiro atoms. The Bertz CT molecular complexity index is 607. The Labute approximate surface area is 122 Å². The third kappa shape index (κ3) is 2.35. The maximum Gasteiger partial charge on any atom is 0.248 e. The first-order chi connectivity index (χ1) is 10.1. The lowest BCUT2D eigenvalue weighted by atomic mass is 9.85. The number of rotatable bonds is 3. The van der Waals surface area contributed by atoms with Crippen LogP contribution in [0.1, 0.15) is 28.8 Å². The Hall–Kier alpha value is -2.43. The minimum Gasteiger partial charge on any atom is -0.366 e. The molecule has 1 aliphatic heterocycles. The first kappa shape index (κ1) is 13.5. The lowest BCUT2D eigenvalue weighted by Crippen LogP contribution is -2.30. The van der Waals surface area contributed by atoms with Crippen LogP contribution in [0, 0.1) is 11.8 Å². The molecular weight excluding hydrogens is 268 g/mol. The number of imide groups is 1. The highest BCUT2D eigenvalue weighted by Gasteiger charge is 2.46. The van der Waals surface area contributed by atoms with Gasteiger partial charge in [-0.2, -0.15) is 0 Å². The van der Waals surface area contributed by atoms with Crippen molar-refractivity contribution in [1.82, 2.24) is 4.90 Å². The number of nitrogens with zero attached hydrogens (tertiary/aromatic N) is 1. The van der Waals surface area contributed by atoms with Crippen molar-refractivity contribution in [2.45, 2.75) is 19.4 Å². The number of hydrogen-bond acceptors (Lipinski definition) is 3. The van der Waals surface area contributed by atoms with Crippen LogP contribution in [-0.4, -0.2) is 22.6 Å². The van der Waals surface area contributed by atoms with Gasteiger partial charge in [-0.1, -0.05) is 24.3 Å². The highest BCUT2D eigenvalue weighted by atomic mass is 16.2. The van der Waals surface area contributed by atoms with Crippen LogP contribution < -0.4 is 5.73 Å². The van der Waals surface area contributed by atoms with E-state index < -0.39 is 5.91 Å². The summed E-state index contributed by atoms with van der Waals surface area (Å²) in [6.07, 6.45) is 5.23. The maximum absolute atomic E-state index is 12.3. The van der Waals surface area contributed by atoms with Gasteiger partial charge in [0.15, 0.2) is 0 Å². The van der Waals surface area contributed by atoms with Gasteiger partial charge in [-0.25, -0.2) is 0 Å². The fourth-order valence-corrected chi connectivity index (χ4v) is 2.98. The molecule has 0 radical (unpaired) electrons. The van der Waals surface area contributed by atoms with E-state index in [2.05, 4.69) is 0 Å². The number of amides is 3. The van der Waals surface area contributed by atoms with E-state index in [0.717, 1.165) is 5.56 Å². The lowest BCUT2D eigenvalue weighted by Gasteiger charge is -2.14. The van der Waals surface area contributed by atoms with Gasteiger partial charge in [-0.15, -0.1) is 0 Å². The molecule has 3 rings (SSSR count). The Morgan fingerprint density at radius 2 is 1.57 bits per heavy atom. The van der Waals surface area contributed by atoms with Gasteiger partial charge in [0.05, 0.1) is 18.4 Å². The van der Waals surface area contributed by atoms with Gasteiger partial charge < -0.3 is 5.73 Å². The minimum atomic E-state index is -0.494. The van der Waals surface area contributed by atoms with E-state index in [4.69, 9.17) is 5.73 Å². The number of primary amides is 1. The minimum absolute atomic E-state index is 0.0895. The standard InChI is InChI=1S/C16H16N2O3/c17-14(19)11-7-5-10(6-8-11)9-18-15(20)12-3-1-2-4-13(12)16(18)21/h1-2,5-8,12-13H,3-4,9H2,(H2,17,19)/t12-,13+. The van der Waals surface area contributed by atoms with Crippen molar-refractivity contribution in [3.63, 3.8) is 0 Å². The summed E-state index contributed by atoms with van der Waals surface area (Å²) in [5.74, 6) is -1.08. The smallest absolute Gasteiger partial charge is 0.248 e. The second-order valence-corrected chi connectivity index (χ2v) is 5.48. The molecule has 1 fully saturated rings. The van der Waals surface area contributed by atoms with Crippen LogP contribution in [0.2, 0.25) is 0 Å². The molecule has 0 bridgehead atoms. The van der Waals surface area contributed by atoms with Crippen LogP contribution in [-0.2, 0) is 16.1 Å². The monoisotopic (exact) mass is 284 g/mol. The average Bonchev–Trinajstić information content (AvgIpc) is 2.73. The Kier molecular flexibility index (Phi) is 3.33. The Balaban J connectivity index is 1.77. The van der Waals surface area contributed by atoms with Crippen molar-refractivity contribution in [1.29, 1.82) is 0 Å². The summed E-state index contributed by atoms with van der Waals surface area (Å²) in [5, 5.41) is 0. The summed E-state index contributed by atoms with van der Waals surface area (Å²) in [6, 6.07) is 6.66. The van der Waals surface area contributed by atoms with E-state index in [-0.39, 0.29) is 30.2 Å². The number of fused-ring (bicyclic) bond motifs is 1. The van der Waals surface area contributed by atoms with E-state index in [1.807, 2.05) is 12.2 Å². The molecule has 1 aliphatic carbocycles. The summed E-state index contributed by atoms with van der Waals surface area (Å²) in [4.78, 5) is 37.0. The van der Waals surface area contributed by atoms with Crippen LogP contribution in [0.15, 0.2) is 36.4 Å². The van der Waals surface area contributed by atoms with Gasteiger partial charge in [0, 0.05) is 5.56 Å². The number of nitrogens with two attached hydrogens (primary N) is 1. The molecule has 1 aromatic carbocycles. The quantitative estimate of drug-likeness (QED) is 0.669. The van der Waals surface area contributed by atoms with Crippen LogP contribution in [0.25, 0.3) is 0 Å². The van der Waals surface area contributed by atoms with Gasteiger partial charge in [0.25, 0.3) is 0 Å². The summed E-state index contributed by atoms with van der Waals surface area (Å²) in [5.41, 5.74) is 6.41. The van der Waals surface area contributed by atoms with Crippen LogP contribution >= 0.6 is 0 Å². The molecule has 1 heterocycles. The van der Waals surface area contributed by atoms with Crippen molar-refractivity contribution < 1.29 is 14.4 Å². The zero-order valence-corrected chi connectivity index (χ0v) is 11.5. The molecule has 3 amide bonds. The highest BCUT2D eigenvalue weighted by molar-refractivity contribution is 6.05. The van der Waals surface area contributed by atoms with Crippen molar-refractivity contribution in [3.05, 3.63) is 47.5 Å². The van der Waals surface area contributed by atoms with Crippen molar-refractivity contribution in [2.24, 2.45) is 17.6 Å². The van der Waals surface area contributed by atoms with Crippen molar-refractivity contribution in [3.8, 4) is 0 Å². The molecule has 5 nitrogen and oxygen atoms in total. The summed E-state index contributed by atoms with van der Waals surface area (Å²) >= 11 is 0. The predicted octanol–water partition coefficient (Wildman–Crippen LogP) is 1.24. The number of hydrogen-bond donors (Lipinski definition) is 1.